The standard InChI is InChI=1S/C16H26O2/c1-11(17)18-15(2,3)10-16-7-12-4-13(8-16)6-14(5-12)9-16/h12-14H,4-10H2,1-3H3. The Labute approximate surface area is 110 Å². The van der Waals surface area contributed by atoms with Gasteiger partial charge in [-0.15, -0.1) is 0 Å². The minimum atomic E-state index is -0.280. The van der Waals surface area contributed by atoms with Crippen molar-refractivity contribution in [2.45, 2.75) is 71.3 Å². The van der Waals surface area contributed by atoms with E-state index in [1.807, 2.05) is 0 Å². The van der Waals surface area contributed by atoms with Crippen LogP contribution >= 0.6 is 0 Å². The van der Waals surface area contributed by atoms with Crippen LogP contribution in [0.5, 0.6) is 0 Å². The van der Waals surface area contributed by atoms with E-state index < -0.39 is 0 Å². The minimum Gasteiger partial charge on any atom is -0.460 e. The molecule has 4 fully saturated rings. The molecule has 4 bridgehead atoms. The Hall–Kier alpha value is -0.530. The van der Waals surface area contributed by atoms with Crippen LogP contribution in [0, 0.1) is 23.2 Å². The molecule has 0 radical (unpaired) electrons. The van der Waals surface area contributed by atoms with Gasteiger partial charge in [0.1, 0.15) is 5.60 Å². The van der Waals surface area contributed by atoms with E-state index in [0.29, 0.717) is 5.41 Å². The average Bonchev–Trinajstić information content (AvgIpc) is 2.09. The maximum Gasteiger partial charge on any atom is 0.303 e. The Balaban J connectivity index is 1.74. The van der Waals surface area contributed by atoms with Crippen molar-refractivity contribution in [3.05, 3.63) is 0 Å². The molecule has 102 valence electrons. The van der Waals surface area contributed by atoms with E-state index >= 15 is 0 Å². The predicted molar refractivity (Wildman–Crippen MR) is 71.1 cm³/mol. The Morgan fingerprint density at radius 3 is 1.94 bits per heavy atom. The highest BCUT2D eigenvalue weighted by Gasteiger charge is 2.52. The van der Waals surface area contributed by atoms with E-state index in [-0.39, 0.29) is 11.6 Å². The molecule has 0 heterocycles. The second kappa shape index (κ2) is 3.98. The van der Waals surface area contributed by atoms with Crippen LogP contribution in [-0.2, 0) is 9.53 Å². The van der Waals surface area contributed by atoms with Gasteiger partial charge in [-0.2, -0.15) is 0 Å². The van der Waals surface area contributed by atoms with Gasteiger partial charge in [-0.1, -0.05) is 0 Å². The topological polar surface area (TPSA) is 26.3 Å². The molecule has 0 amide bonds. The van der Waals surface area contributed by atoms with Crippen molar-refractivity contribution >= 4 is 5.97 Å². The minimum absolute atomic E-state index is 0.135. The van der Waals surface area contributed by atoms with E-state index in [1.54, 1.807) is 0 Å². The van der Waals surface area contributed by atoms with Gasteiger partial charge < -0.3 is 4.74 Å². The van der Waals surface area contributed by atoms with Gasteiger partial charge in [-0.05, 0) is 82.0 Å². The Bertz CT molecular complexity index is 321. The molecule has 2 nitrogen and oxygen atoms in total. The van der Waals surface area contributed by atoms with Crippen molar-refractivity contribution in [2.24, 2.45) is 23.2 Å². The zero-order valence-corrected chi connectivity index (χ0v) is 12.0. The first kappa shape index (κ1) is 12.5. The molecule has 0 aromatic heterocycles. The maximum absolute atomic E-state index is 11.2. The summed E-state index contributed by atoms with van der Waals surface area (Å²) in [6.07, 6.45) is 9.69. The zero-order chi connectivity index (χ0) is 13.0. The van der Waals surface area contributed by atoms with Gasteiger partial charge in [0.05, 0.1) is 0 Å². The van der Waals surface area contributed by atoms with Crippen LogP contribution in [0.25, 0.3) is 0 Å². The number of hydrogen-bond acceptors (Lipinski definition) is 2. The molecule has 0 saturated heterocycles. The highest BCUT2D eigenvalue weighted by molar-refractivity contribution is 5.66. The molecule has 4 saturated carbocycles. The van der Waals surface area contributed by atoms with E-state index in [1.165, 1.54) is 45.4 Å². The summed E-state index contributed by atoms with van der Waals surface area (Å²) in [6.45, 7) is 5.71. The molecule has 0 aromatic rings. The molecule has 0 unspecified atom stereocenters. The summed E-state index contributed by atoms with van der Waals surface area (Å²) in [5.74, 6) is 2.79. The lowest BCUT2D eigenvalue weighted by Gasteiger charge is -2.58. The van der Waals surface area contributed by atoms with Crippen molar-refractivity contribution < 1.29 is 9.53 Å². The van der Waals surface area contributed by atoms with Crippen LogP contribution in [0.1, 0.15) is 65.7 Å². The van der Waals surface area contributed by atoms with Crippen LogP contribution in [0.4, 0.5) is 0 Å². The molecule has 0 aromatic carbocycles. The summed E-state index contributed by atoms with van der Waals surface area (Å²) in [4.78, 5) is 11.2. The van der Waals surface area contributed by atoms with Crippen molar-refractivity contribution in [1.29, 1.82) is 0 Å². The third kappa shape index (κ3) is 2.31. The molecule has 4 aliphatic rings. The molecule has 4 rings (SSSR count). The fraction of sp³-hybridized carbons (Fsp3) is 0.938. The molecule has 0 aliphatic heterocycles. The molecule has 4 aliphatic carbocycles. The number of carbonyl (C=O) groups excluding carboxylic acids is 1. The van der Waals surface area contributed by atoms with Crippen molar-refractivity contribution in [3.63, 3.8) is 0 Å². The molecule has 2 heteroatoms. The van der Waals surface area contributed by atoms with Gasteiger partial charge in [0.15, 0.2) is 0 Å². The quantitative estimate of drug-likeness (QED) is 0.709. The lowest BCUT2D eigenvalue weighted by Crippen LogP contribution is -2.49. The lowest BCUT2D eigenvalue weighted by atomic mass is 9.48. The van der Waals surface area contributed by atoms with Crippen LogP contribution in [0.3, 0.4) is 0 Å². The zero-order valence-electron chi connectivity index (χ0n) is 12.0. The Morgan fingerprint density at radius 2 is 1.56 bits per heavy atom. The lowest BCUT2D eigenvalue weighted by molar-refractivity contribution is -0.162. The van der Waals surface area contributed by atoms with Gasteiger partial charge in [0.25, 0.3) is 0 Å². The number of carbonyl (C=O) groups is 1. The highest BCUT2D eigenvalue weighted by atomic mass is 16.6. The summed E-state index contributed by atoms with van der Waals surface area (Å²) in [5.41, 5.74) is 0.213. The predicted octanol–water partition coefficient (Wildman–Crippen LogP) is 3.93. The molecular formula is C16H26O2. The van der Waals surface area contributed by atoms with Crippen LogP contribution in [0.2, 0.25) is 0 Å². The summed E-state index contributed by atoms with van der Waals surface area (Å²) < 4.78 is 5.54. The van der Waals surface area contributed by atoms with E-state index in [0.717, 1.165) is 24.2 Å². The summed E-state index contributed by atoms with van der Waals surface area (Å²) in [5, 5.41) is 0. The molecule has 0 spiro atoms. The van der Waals surface area contributed by atoms with Crippen LogP contribution < -0.4 is 0 Å². The van der Waals surface area contributed by atoms with E-state index in [4.69, 9.17) is 4.74 Å². The summed E-state index contributed by atoms with van der Waals surface area (Å²) in [7, 11) is 0. The number of esters is 1. The van der Waals surface area contributed by atoms with Crippen molar-refractivity contribution in [3.8, 4) is 0 Å². The highest BCUT2D eigenvalue weighted by Crippen LogP contribution is 2.62. The average molecular weight is 250 g/mol. The van der Waals surface area contributed by atoms with Gasteiger partial charge in [0.2, 0.25) is 0 Å². The smallest absolute Gasteiger partial charge is 0.303 e. The van der Waals surface area contributed by atoms with Crippen LogP contribution in [-0.4, -0.2) is 11.6 Å². The third-order valence-electron chi connectivity index (χ3n) is 5.39. The first-order valence-electron chi connectivity index (χ1n) is 7.55. The van der Waals surface area contributed by atoms with Gasteiger partial charge in [-0.25, -0.2) is 0 Å². The second-order valence-electron chi connectivity index (χ2n) is 7.95. The van der Waals surface area contributed by atoms with Gasteiger partial charge >= 0.3 is 5.97 Å². The molecule has 0 N–H and O–H groups in total. The monoisotopic (exact) mass is 250 g/mol. The Morgan fingerprint density at radius 1 is 1.11 bits per heavy atom. The van der Waals surface area contributed by atoms with Crippen LogP contribution in [0.15, 0.2) is 0 Å². The number of ether oxygens (including phenoxy) is 1. The van der Waals surface area contributed by atoms with E-state index in [9.17, 15) is 4.79 Å². The normalized spacial score (nSPS) is 42.1. The Kier molecular flexibility index (Phi) is 2.76. The third-order valence-corrected chi connectivity index (χ3v) is 5.39. The molecule has 18 heavy (non-hydrogen) atoms. The van der Waals surface area contributed by atoms with E-state index in [2.05, 4.69) is 13.8 Å². The number of hydrogen-bond donors (Lipinski definition) is 0. The van der Waals surface area contributed by atoms with Gasteiger partial charge in [-0.3, -0.25) is 4.79 Å². The van der Waals surface area contributed by atoms with Crippen molar-refractivity contribution in [2.75, 3.05) is 0 Å². The summed E-state index contributed by atoms with van der Waals surface area (Å²) in [6, 6.07) is 0. The maximum atomic E-state index is 11.2. The fourth-order valence-corrected chi connectivity index (χ4v) is 5.83. The largest absolute Gasteiger partial charge is 0.460 e. The fourth-order valence-electron chi connectivity index (χ4n) is 5.83. The SMILES string of the molecule is CC(=O)OC(C)(C)CC12CC3CC(CC(C3)C1)C2. The number of rotatable bonds is 3. The summed E-state index contributed by atoms with van der Waals surface area (Å²) >= 11 is 0. The molecule has 0 atom stereocenters. The first-order chi connectivity index (χ1) is 8.36. The van der Waals surface area contributed by atoms with Gasteiger partial charge in [0, 0.05) is 6.92 Å². The first-order valence-corrected chi connectivity index (χ1v) is 7.55. The molecular weight excluding hydrogens is 224 g/mol. The second-order valence-corrected chi connectivity index (χ2v) is 7.95. The van der Waals surface area contributed by atoms with Crippen molar-refractivity contribution in [1.82, 2.24) is 0 Å².